The first kappa shape index (κ1) is 17.0. The van der Waals surface area contributed by atoms with Gasteiger partial charge >= 0.3 is 0 Å². The lowest BCUT2D eigenvalue weighted by Crippen LogP contribution is -2.17. The Morgan fingerprint density at radius 2 is 2.08 bits per heavy atom. The summed E-state index contributed by atoms with van der Waals surface area (Å²) in [5.74, 6) is 0.612. The van der Waals surface area contributed by atoms with Gasteiger partial charge in [0.05, 0.1) is 12.0 Å². The third-order valence-corrected chi connectivity index (χ3v) is 4.20. The van der Waals surface area contributed by atoms with Gasteiger partial charge in [-0.25, -0.2) is 0 Å². The topological polar surface area (TPSA) is 101 Å². The standard InChI is InChI=1S/C17H16N4O3S/c1-3-25-17-19-15(22)13(20-21-17)11-6-4-5-7-12(11)18-16(23)14-10(2)8-9-24-14/h4-9H,3H2,1-2H3,(H,18,23)(H,19,21,22). The molecule has 3 rings (SSSR count). The molecular weight excluding hydrogens is 340 g/mol. The van der Waals surface area contributed by atoms with Crippen molar-refractivity contribution in [2.24, 2.45) is 0 Å². The first-order chi connectivity index (χ1) is 12.1. The van der Waals surface area contributed by atoms with E-state index in [2.05, 4.69) is 20.5 Å². The van der Waals surface area contributed by atoms with E-state index in [0.29, 0.717) is 16.4 Å². The maximum atomic E-state index is 12.4. The van der Waals surface area contributed by atoms with E-state index in [1.54, 1.807) is 37.3 Å². The van der Waals surface area contributed by atoms with Crippen molar-refractivity contribution in [2.75, 3.05) is 11.1 Å². The fraction of sp³-hybridized carbons (Fsp3) is 0.176. The summed E-state index contributed by atoms with van der Waals surface area (Å²) in [5.41, 5.74) is 1.46. The van der Waals surface area contributed by atoms with E-state index in [0.717, 1.165) is 11.3 Å². The predicted molar refractivity (Wildman–Crippen MR) is 95.9 cm³/mol. The molecular formula is C17H16N4O3S. The van der Waals surface area contributed by atoms with Crippen molar-refractivity contribution in [2.45, 2.75) is 19.0 Å². The molecule has 0 fully saturated rings. The minimum Gasteiger partial charge on any atom is -0.459 e. The predicted octanol–water partition coefficient (Wildman–Crippen LogP) is 3.10. The molecule has 0 atom stereocenters. The molecule has 0 aliphatic rings. The van der Waals surface area contributed by atoms with Gasteiger partial charge in [-0.15, -0.1) is 10.2 Å². The molecule has 2 N–H and O–H groups in total. The van der Waals surface area contributed by atoms with Crippen molar-refractivity contribution in [3.63, 3.8) is 0 Å². The van der Waals surface area contributed by atoms with E-state index >= 15 is 0 Å². The van der Waals surface area contributed by atoms with E-state index in [9.17, 15) is 9.59 Å². The zero-order chi connectivity index (χ0) is 17.8. The largest absolute Gasteiger partial charge is 0.459 e. The lowest BCUT2D eigenvalue weighted by Gasteiger charge is -2.09. The van der Waals surface area contributed by atoms with Crippen LogP contribution < -0.4 is 10.9 Å². The maximum Gasteiger partial charge on any atom is 0.291 e. The fourth-order valence-corrected chi connectivity index (χ4v) is 2.82. The summed E-state index contributed by atoms with van der Waals surface area (Å²) in [6, 6.07) is 8.63. The molecule has 0 radical (unpaired) electrons. The minimum atomic E-state index is -0.391. The van der Waals surface area contributed by atoms with Crippen molar-refractivity contribution in [1.82, 2.24) is 15.2 Å². The number of hydrogen-bond acceptors (Lipinski definition) is 6. The van der Waals surface area contributed by atoms with Gasteiger partial charge in [-0.1, -0.05) is 36.9 Å². The number of carbonyl (C=O) groups is 1. The van der Waals surface area contributed by atoms with Crippen molar-refractivity contribution in [1.29, 1.82) is 0 Å². The second kappa shape index (κ2) is 7.35. The molecule has 7 nitrogen and oxygen atoms in total. The molecule has 0 spiro atoms. The molecule has 0 aliphatic heterocycles. The maximum absolute atomic E-state index is 12.4. The number of aromatic amines is 1. The number of rotatable bonds is 5. The molecule has 2 heterocycles. The molecule has 2 aromatic heterocycles. The Morgan fingerprint density at radius 3 is 2.76 bits per heavy atom. The lowest BCUT2D eigenvalue weighted by molar-refractivity contribution is 0.0996. The van der Waals surface area contributed by atoms with Crippen molar-refractivity contribution < 1.29 is 9.21 Å². The van der Waals surface area contributed by atoms with Gasteiger partial charge in [-0.05, 0) is 24.8 Å². The molecule has 0 unspecified atom stereocenters. The number of para-hydroxylation sites is 1. The Morgan fingerprint density at radius 1 is 1.28 bits per heavy atom. The number of carbonyl (C=O) groups excluding carboxylic acids is 1. The second-order valence-electron chi connectivity index (χ2n) is 5.17. The van der Waals surface area contributed by atoms with E-state index < -0.39 is 5.91 Å². The van der Waals surface area contributed by atoms with Crippen LogP contribution in [0.2, 0.25) is 0 Å². The number of nitrogens with one attached hydrogen (secondary N) is 2. The zero-order valence-corrected chi connectivity index (χ0v) is 14.5. The number of thioether (sulfide) groups is 1. The molecule has 3 aromatic rings. The average molecular weight is 356 g/mol. The lowest BCUT2D eigenvalue weighted by atomic mass is 10.1. The highest BCUT2D eigenvalue weighted by atomic mass is 32.2. The molecule has 8 heteroatoms. The van der Waals surface area contributed by atoms with Crippen LogP contribution in [0.5, 0.6) is 0 Å². The van der Waals surface area contributed by atoms with Gasteiger partial charge in [0.15, 0.2) is 16.6 Å². The molecule has 1 amide bonds. The second-order valence-corrected chi connectivity index (χ2v) is 6.43. The Hall–Kier alpha value is -2.87. The van der Waals surface area contributed by atoms with E-state index in [1.165, 1.54) is 18.0 Å². The summed E-state index contributed by atoms with van der Waals surface area (Å²) in [5, 5.41) is 11.3. The average Bonchev–Trinajstić information content (AvgIpc) is 3.02. The molecule has 0 bridgehead atoms. The summed E-state index contributed by atoms with van der Waals surface area (Å²) < 4.78 is 5.20. The molecule has 1 aromatic carbocycles. The fourth-order valence-electron chi connectivity index (χ4n) is 2.28. The van der Waals surface area contributed by atoms with Gasteiger partial charge in [0.25, 0.3) is 11.5 Å². The summed E-state index contributed by atoms with van der Waals surface area (Å²) in [6.07, 6.45) is 1.45. The van der Waals surface area contributed by atoms with Crippen molar-refractivity contribution in [3.05, 3.63) is 58.3 Å². The smallest absolute Gasteiger partial charge is 0.291 e. The Balaban J connectivity index is 1.95. The van der Waals surface area contributed by atoms with E-state index in [1.807, 2.05) is 6.92 Å². The number of hydrogen-bond donors (Lipinski definition) is 2. The third kappa shape index (κ3) is 3.63. The van der Waals surface area contributed by atoms with Crippen molar-refractivity contribution >= 4 is 23.4 Å². The van der Waals surface area contributed by atoms with Crippen LogP contribution in [0.1, 0.15) is 23.0 Å². The summed E-state index contributed by atoms with van der Waals surface area (Å²) in [4.78, 5) is 27.4. The Kier molecular flexibility index (Phi) is 4.99. The van der Waals surface area contributed by atoms with Crippen LogP contribution in [0.25, 0.3) is 11.3 Å². The van der Waals surface area contributed by atoms with Crippen LogP contribution in [0.4, 0.5) is 5.69 Å². The van der Waals surface area contributed by atoms with Gasteiger partial charge < -0.3 is 9.73 Å². The summed E-state index contributed by atoms with van der Waals surface area (Å²) in [7, 11) is 0. The number of amides is 1. The summed E-state index contributed by atoms with van der Waals surface area (Å²) >= 11 is 1.40. The quantitative estimate of drug-likeness (QED) is 0.681. The van der Waals surface area contributed by atoms with Gasteiger partial charge in [-0.2, -0.15) is 0 Å². The first-order valence-corrected chi connectivity index (χ1v) is 8.63. The van der Waals surface area contributed by atoms with Crippen LogP contribution in [0.15, 0.2) is 51.0 Å². The third-order valence-electron chi connectivity index (χ3n) is 3.46. The highest BCUT2D eigenvalue weighted by Crippen LogP contribution is 2.25. The molecule has 0 aliphatic carbocycles. The molecule has 25 heavy (non-hydrogen) atoms. The van der Waals surface area contributed by atoms with E-state index in [4.69, 9.17) is 4.42 Å². The number of furan rings is 1. The van der Waals surface area contributed by atoms with Crippen LogP contribution in [0.3, 0.4) is 0 Å². The van der Waals surface area contributed by atoms with Gasteiger partial charge in [0, 0.05) is 11.1 Å². The zero-order valence-electron chi connectivity index (χ0n) is 13.7. The summed E-state index contributed by atoms with van der Waals surface area (Å²) in [6.45, 7) is 3.74. The van der Waals surface area contributed by atoms with Crippen LogP contribution in [-0.2, 0) is 0 Å². The van der Waals surface area contributed by atoms with E-state index in [-0.39, 0.29) is 17.0 Å². The van der Waals surface area contributed by atoms with Gasteiger partial charge in [-0.3, -0.25) is 14.6 Å². The number of aryl methyl sites for hydroxylation is 1. The highest BCUT2D eigenvalue weighted by Gasteiger charge is 2.17. The normalized spacial score (nSPS) is 10.6. The van der Waals surface area contributed by atoms with Gasteiger partial charge in [0.2, 0.25) is 0 Å². The first-order valence-electron chi connectivity index (χ1n) is 7.64. The Bertz CT molecular complexity index is 964. The monoisotopic (exact) mass is 356 g/mol. The van der Waals surface area contributed by atoms with Crippen LogP contribution in [0, 0.1) is 6.92 Å². The van der Waals surface area contributed by atoms with Crippen LogP contribution in [-0.4, -0.2) is 26.8 Å². The molecule has 0 saturated heterocycles. The number of H-pyrrole nitrogens is 1. The SMILES string of the molecule is CCSc1nnc(-c2ccccc2NC(=O)c2occc2C)c(=O)[nH]1. The number of benzene rings is 1. The number of anilines is 1. The molecule has 0 saturated carbocycles. The molecule has 128 valence electrons. The van der Waals surface area contributed by atoms with Crippen molar-refractivity contribution in [3.8, 4) is 11.3 Å². The number of aromatic nitrogens is 3. The minimum absolute atomic E-state index is 0.146. The Labute approximate surface area is 147 Å². The number of nitrogens with zero attached hydrogens (tertiary/aromatic N) is 2. The highest BCUT2D eigenvalue weighted by molar-refractivity contribution is 7.99. The van der Waals surface area contributed by atoms with Gasteiger partial charge in [0.1, 0.15) is 0 Å². The van der Waals surface area contributed by atoms with Crippen LogP contribution >= 0.6 is 11.8 Å².